The molecule has 10 heteroatoms. The van der Waals surface area contributed by atoms with Crippen LogP contribution in [0, 0.1) is 5.41 Å². The molecule has 0 aliphatic carbocycles. The highest BCUT2D eigenvalue weighted by atomic mass is 32.2. The van der Waals surface area contributed by atoms with Crippen molar-refractivity contribution in [3.63, 3.8) is 0 Å². The summed E-state index contributed by atoms with van der Waals surface area (Å²) in [5, 5.41) is 7.42. The van der Waals surface area contributed by atoms with Gasteiger partial charge in [-0.2, -0.15) is 0 Å². The molecule has 0 saturated carbocycles. The van der Waals surface area contributed by atoms with Crippen LogP contribution >= 0.6 is 11.8 Å². The minimum absolute atomic E-state index is 0.276. The summed E-state index contributed by atoms with van der Waals surface area (Å²) in [4.78, 5) is 38.4. The number of thioether (sulfide) groups is 1. The molecule has 3 N–H and O–H groups in total. The third kappa shape index (κ3) is 6.75. The summed E-state index contributed by atoms with van der Waals surface area (Å²) in [6.45, 7) is -0.297. The first-order chi connectivity index (χ1) is 17.9. The number of benzene rings is 3. The first-order valence-corrected chi connectivity index (χ1v) is 12.2. The first-order valence-electron chi connectivity index (χ1n) is 11.3. The average Bonchev–Trinajstić information content (AvgIpc) is 3.23. The van der Waals surface area contributed by atoms with Gasteiger partial charge in [-0.15, -0.1) is 0 Å². The number of amidine groups is 1. The van der Waals surface area contributed by atoms with Crippen LogP contribution in [0.1, 0.15) is 31.1 Å². The van der Waals surface area contributed by atoms with Crippen LogP contribution in [0.3, 0.4) is 0 Å². The number of ether oxygens (including phenoxy) is 4. The third-order valence-electron chi connectivity index (χ3n) is 5.40. The Morgan fingerprint density at radius 2 is 1.16 bits per heavy atom. The molecule has 190 valence electrons. The molecule has 3 aromatic carbocycles. The van der Waals surface area contributed by atoms with Crippen LogP contribution in [0.4, 0.5) is 0 Å². The van der Waals surface area contributed by atoms with Crippen molar-refractivity contribution in [2.24, 2.45) is 5.73 Å². The fraction of sp³-hybridized carbons (Fsp3) is 0.185. The summed E-state index contributed by atoms with van der Waals surface area (Å²) >= 11 is 0.798. The summed E-state index contributed by atoms with van der Waals surface area (Å²) in [5.41, 5.74) is 5.49. The van der Waals surface area contributed by atoms with Gasteiger partial charge in [0.1, 0.15) is 12.7 Å². The maximum absolute atomic E-state index is 12.9. The molecule has 0 unspecified atom stereocenters. The normalized spacial score (nSPS) is 20.5. The van der Waals surface area contributed by atoms with Crippen LogP contribution in [0.2, 0.25) is 0 Å². The molecule has 4 atom stereocenters. The van der Waals surface area contributed by atoms with Crippen LogP contribution in [-0.4, -0.2) is 53.4 Å². The minimum atomic E-state index is -1.15. The Morgan fingerprint density at radius 1 is 0.730 bits per heavy atom. The Morgan fingerprint density at radius 3 is 1.62 bits per heavy atom. The van der Waals surface area contributed by atoms with Crippen LogP contribution < -0.4 is 5.73 Å². The van der Waals surface area contributed by atoms with Gasteiger partial charge in [0.15, 0.2) is 22.8 Å². The smallest absolute Gasteiger partial charge is 0.338 e. The van der Waals surface area contributed by atoms with E-state index >= 15 is 0 Å². The number of carbonyl (C=O) groups excluding carboxylic acids is 3. The van der Waals surface area contributed by atoms with E-state index in [1.807, 2.05) is 0 Å². The number of esters is 3. The highest BCUT2D eigenvalue weighted by Crippen LogP contribution is 2.34. The quantitative estimate of drug-likeness (QED) is 0.197. The number of rotatable bonds is 8. The summed E-state index contributed by atoms with van der Waals surface area (Å²) in [5.74, 6) is -1.95. The molecular weight excluding hydrogens is 496 g/mol. The lowest BCUT2D eigenvalue weighted by atomic mass is 10.1. The first kappa shape index (κ1) is 25.9. The Kier molecular flexibility index (Phi) is 8.55. The van der Waals surface area contributed by atoms with E-state index in [1.54, 1.807) is 91.0 Å². The number of nitrogens with one attached hydrogen (secondary N) is 1. The zero-order valence-corrected chi connectivity index (χ0v) is 20.3. The molecule has 3 aromatic rings. The number of hydrogen-bond acceptors (Lipinski definition) is 9. The molecular formula is C27H24N2O7S. The highest BCUT2D eigenvalue weighted by molar-refractivity contribution is 8.14. The Labute approximate surface area is 217 Å². The molecule has 37 heavy (non-hydrogen) atoms. The van der Waals surface area contributed by atoms with E-state index in [0.29, 0.717) is 5.56 Å². The van der Waals surface area contributed by atoms with Gasteiger partial charge in [-0.25, -0.2) is 14.4 Å². The second-order valence-electron chi connectivity index (χ2n) is 7.96. The zero-order chi connectivity index (χ0) is 26.2. The molecule has 0 spiro atoms. The van der Waals surface area contributed by atoms with Gasteiger partial charge >= 0.3 is 17.9 Å². The van der Waals surface area contributed by atoms with Crippen LogP contribution in [0.25, 0.3) is 0 Å². The van der Waals surface area contributed by atoms with E-state index in [-0.39, 0.29) is 22.9 Å². The second-order valence-corrected chi connectivity index (χ2v) is 9.10. The van der Waals surface area contributed by atoms with Gasteiger partial charge in [0, 0.05) is 0 Å². The lowest BCUT2D eigenvalue weighted by Crippen LogP contribution is -2.41. The topological polar surface area (TPSA) is 138 Å². The standard InChI is InChI=1S/C27H24N2O7S/c28-27(29)37-26-22(36-25(32)19-14-8-3-9-15-19)21(35-24(31)18-12-6-2-7-13-18)20(34-26)16-33-23(30)17-10-4-1-5-11-17/h1-15,20-22,26H,16H2,(H3,28,29)/t20-,21-,22+,26-/m1/s1. The van der Waals surface area contributed by atoms with E-state index in [9.17, 15) is 14.4 Å². The molecule has 1 aliphatic heterocycles. The fourth-order valence-corrected chi connectivity index (χ4v) is 4.45. The van der Waals surface area contributed by atoms with Crippen LogP contribution in [0.15, 0.2) is 91.0 Å². The van der Waals surface area contributed by atoms with E-state index in [1.165, 1.54) is 0 Å². The summed E-state index contributed by atoms with van der Waals surface area (Å²) < 4.78 is 22.9. The summed E-state index contributed by atoms with van der Waals surface area (Å²) in [7, 11) is 0. The molecule has 4 rings (SSSR count). The average molecular weight is 521 g/mol. The van der Waals surface area contributed by atoms with Gasteiger partial charge in [-0.1, -0.05) is 66.4 Å². The lowest BCUT2D eigenvalue weighted by molar-refractivity contribution is -0.0435. The monoisotopic (exact) mass is 520 g/mol. The van der Waals surface area contributed by atoms with Gasteiger partial charge in [0.2, 0.25) is 0 Å². The van der Waals surface area contributed by atoms with Crippen molar-refractivity contribution in [2.75, 3.05) is 6.61 Å². The predicted molar refractivity (Wildman–Crippen MR) is 136 cm³/mol. The van der Waals surface area contributed by atoms with E-state index in [0.717, 1.165) is 11.8 Å². The van der Waals surface area contributed by atoms with E-state index < -0.39 is 41.7 Å². The van der Waals surface area contributed by atoms with Gasteiger partial charge in [0.25, 0.3) is 0 Å². The highest BCUT2D eigenvalue weighted by Gasteiger charge is 2.51. The molecule has 1 saturated heterocycles. The fourth-order valence-electron chi connectivity index (χ4n) is 3.66. The zero-order valence-electron chi connectivity index (χ0n) is 19.5. The van der Waals surface area contributed by atoms with Gasteiger partial charge in [-0.05, 0) is 36.4 Å². The molecule has 9 nitrogen and oxygen atoms in total. The van der Waals surface area contributed by atoms with Crippen molar-refractivity contribution in [3.05, 3.63) is 108 Å². The minimum Gasteiger partial charge on any atom is -0.459 e. The summed E-state index contributed by atoms with van der Waals surface area (Å²) in [6.07, 6.45) is -3.29. The molecule has 0 amide bonds. The molecule has 0 bridgehead atoms. The Balaban J connectivity index is 1.58. The van der Waals surface area contributed by atoms with Crippen molar-refractivity contribution in [1.82, 2.24) is 0 Å². The Bertz CT molecular complexity index is 1240. The van der Waals surface area contributed by atoms with E-state index in [4.69, 9.17) is 30.1 Å². The van der Waals surface area contributed by atoms with Gasteiger partial charge in [-0.3, -0.25) is 5.41 Å². The van der Waals surface area contributed by atoms with Crippen molar-refractivity contribution < 1.29 is 33.3 Å². The molecule has 0 aromatic heterocycles. The molecule has 1 aliphatic rings. The summed E-state index contributed by atoms with van der Waals surface area (Å²) in [6, 6.07) is 24.9. The second kappa shape index (κ2) is 12.2. The SMILES string of the molecule is N=C(N)S[C@H]1O[C@H](COC(=O)c2ccccc2)[C@@H](OC(=O)c2ccccc2)[C@@H]1OC(=O)c1ccccc1. The molecule has 1 heterocycles. The van der Waals surface area contributed by atoms with Crippen molar-refractivity contribution in [1.29, 1.82) is 5.41 Å². The number of nitrogens with two attached hydrogens (primary N) is 1. The number of hydrogen-bond donors (Lipinski definition) is 2. The maximum Gasteiger partial charge on any atom is 0.338 e. The Hall–Kier alpha value is -4.15. The van der Waals surface area contributed by atoms with Crippen LogP contribution in [0.5, 0.6) is 0 Å². The largest absolute Gasteiger partial charge is 0.459 e. The van der Waals surface area contributed by atoms with Gasteiger partial charge < -0.3 is 24.7 Å². The molecule has 0 radical (unpaired) electrons. The van der Waals surface area contributed by atoms with Gasteiger partial charge in [0.05, 0.1) is 16.7 Å². The lowest BCUT2D eigenvalue weighted by Gasteiger charge is -2.24. The van der Waals surface area contributed by atoms with E-state index in [2.05, 4.69) is 0 Å². The predicted octanol–water partition coefficient (Wildman–Crippen LogP) is 3.65. The number of carbonyl (C=O) groups is 3. The molecule has 1 fully saturated rings. The maximum atomic E-state index is 12.9. The van der Waals surface area contributed by atoms with Crippen molar-refractivity contribution in [2.45, 2.75) is 23.7 Å². The van der Waals surface area contributed by atoms with Crippen LogP contribution in [-0.2, 0) is 18.9 Å². The van der Waals surface area contributed by atoms with Crippen molar-refractivity contribution >= 4 is 34.8 Å². The van der Waals surface area contributed by atoms with Crippen molar-refractivity contribution in [3.8, 4) is 0 Å². The third-order valence-corrected chi connectivity index (χ3v) is 6.27.